The average Bonchev–Trinajstić information content (AvgIpc) is 2.75. The van der Waals surface area contributed by atoms with Gasteiger partial charge < -0.3 is 5.73 Å². The topological polar surface area (TPSA) is 60.9 Å². The summed E-state index contributed by atoms with van der Waals surface area (Å²) in [5, 5.41) is 4.03. The quantitative estimate of drug-likeness (QED) is 0.728. The minimum atomic E-state index is 0.000191. The van der Waals surface area contributed by atoms with Crippen LogP contribution in [0.5, 0.6) is 0 Å². The number of hydrogen-bond acceptors (Lipinski definition) is 3. The molecule has 0 radical (unpaired) electrons. The highest BCUT2D eigenvalue weighted by Gasteiger charge is 2.22. The van der Waals surface area contributed by atoms with Crippen LogP contribution >= 0.6 is 0 Å². The van der Waals surface area contributed by atoms with Crippen molar-refractivity contribution in [3.05, 3.63) is 30.1 Å². The Labute approximate surface area is 88.8 Å². The van der Waals surface area contributed by atoms with Crippen molar-refractivity contribution in [2.45, 2.75) is 18.9 Å². The highest BCUT2D eigenvalue weighted by atomic mass is 16.1. The van der Waals surface area contributed by atoms with Crippen LogP contribution in [0.2, 0.25) is 0 Å². The third kappa shape index (κ3) is 2.33. The summed E-state index contributed by atoms with van der Waals surface area (Å²) in [7, 11) is 1.85. The second-order valence-corrected chi connectivity index (χ2v) is 4.06. The number of nitrogens with two attached hydrogens (primary N) is 1. The summed E-state index contributed by atoms with van der Waals surface area (Å²) in [4.78, 5) is 11.8. The highest BCUT2D eigenvalue weighted by Crippen LogP contribution is 2.19. The Hall–Kier alpha value is -1.42. The van der Waals surface area contributed by atoms with Gasteiger partial charge in [0.1, 0.15) is 5.78 Å². The van der Waals surface area contributed by atoms with E-state index >= 15 is 0 Å². The van der Waals surface area contributed by atoms with Gasteiger partial charge in [-0.15, -0.1) is 0 Å². The number of rotatable bonds is 3. The van der Waals surface area contributed by atoms with Gasteiger partial charge in [-0.05, 0) is 12.0 Å². The predicted octanol–water partition coefficient (Wildman–Crippen LogP) is 0.435. The van der Waals surface area contributed by atoms with E-state index in [2.05, 4.69) is 5.10 Å². The Balaban J connectivity index is 1.96. The van der Waals surface area contributed by atoms with Gasteiger partial charge >= 0.3 is 0 Å². The van der Waals surface area contributed by atoms with Crippen LogP contribution in [0.15, 0.2) is 24.5 Å². The van der Waals surface area contributed by atoms with Gasteiger partial charge in [0.05, 0.1) is 6.20 Å². The molecule has 0 amide bonds. The molecule has 0 spiro atoms. The van der Waals surface area contributed by atoms with Crippen molar-refractivity contribution in [1.29, 1.82) is 0 Å². The molecule has 4 nitrogen and oxygen atoms in total. The Morgan fingerprint density at radius 1 is 1.67 bits per heavy atom. The van der Waals surface area contributed by atoms with Gasteiger partial charge in [0.25, 0.3) is 0 Å². The summed E-state index contributed by atoms with van der Waals surface area (Å²) in [6.07, 6.45) is 8.64. The van der Waals surface area contributed by atoms with E-state index in [1.807, 2.05) is 25.4 Å². The molecule has 0 aliphatic heterocycles. The number of Topliss-reactive ketones (excluding diaryl/α,β-unsaturated/α-hetero) is 1. The van der Waals surface area contributed by atoms with Crippen molar-refractivity contribution >= 4 is 5.78 Å². The van der Waals surface area contributed by atoms with Crippen molar-refractivity contribution in [2.75, 3.05) is 0 Å². The molecule has 2 rings (SSSR count). The lowest BCUT2D eigenvalue weighted by atomic mass is 9.98. The van der Waals surface area contributed by atoms with Gasteiger partial charge in [-0.25, -0.2) is 0 Å². The van der Waals surface area contributed by atoms with E-state index in [1.54, 1.807) is 10.9 Å². The van der Waals surface area contributed by atoms with Crippen LogP contribution in [-0.4, -0.2) is 21.6 Å². The number of allylic oxidation sites excluding steroid dienone is 1. The molecule has 1 aromatic heterocycles. The number of carbonyl (C=O) groups excluding carboxylic acids is 1. The third-order valence-corrected chi connectivity index (χ3v) is 2.67. The zero-order valence-electron chi connectivity index (χ0n) is 8.76. The maximum atomic E-state index is 11.8. The second-order valence-electron chi connectivity index (χ2n) is 4.06. The van der Waals surface area contributed by atoms with Crippen LogP contribution in [0, 0.1) is 5.92 Å². The van der Waals surface area contributed by atoms with Gasteiger partial charge in [-0.2, -0.15) is 5.10 Å². The minimum absolute atomic E-state index is 0.000191. The molecule has 0 aromatic carbocycles. The lowest BCUT2D eigenvalue weighted by Crippen LogP contribution is -2.20. The largest absolute Gasteiger partial charge is 0.324 e. The van der Waals surface area contributed by atoms with E-state index in [9.17, 15) is 4.79 Å². The lowest BCUT2D eigenvalue weighted by Gasteiger charge is -2.06. The molecule has 4 heteroatoms. The molecule has 2 N–H and O–H groups in total. The first-order valence-corrected chi connectivity index (χ1v) is 5.09. The van der Waals surface area contributed by atoms with Crippen LogP contribution in [0.1, 0.15) is 12.0 Å². The lowest BCUT2D eigenvalue weighted by molar-refractivity contribution is -0.120. The second kappa shape index (κ2) is 3.98. The third-order valence-electron chi connectivity index (χ3n) is 2.67. The maximum absolute atomic E-state index is 11.8. The van der Waals surface area contributed by atoms with Crippen LogP contribution in [0.25, 0.3) is 0 Å². The smallest absolute Gasteiger partial charge is 0.144 e. The monoisotopic (exact) mass is 205 g/mol. The standard InChI is InChI=1S/C11H15N3O/c1-14-7-8(6-13-14)4-11(15)9-2-3-10(12)5-9/h2-3,6-7,9-10H,4-5,12H2,1H3. The van der Waals surface area contributed by atoms with E-state index in [-0.39, 0.29) is 17.7 Å². The van der Waals surface area contributed by atoms with Gasteiger partial charge in [-0.1, -0.05) is 12.2 Å². The summed E-state index contributed by atoms with van der Waals surface area (Å²) in [5.41, 5.74) is 6.67. The highest BCUT2D eigenvalue weighted by molar-refractivity contribution is 5.85. The summed E-state index contributed by atoms with van der Waals surface area (Å²) in [5.74, 6) is 0.229. The first kappa shape index (κ1) is 10.1. The fourth-order valence-electron chi connectivity index (χ4n) is 1.86. The molecule has 1 heterocycles. The van der Waals surface area contributed by atoms with Crippen molar-refractivity contribution in [1.82, 2.24) is 9.78 Å². The molecule has 2 unspecified atom stereocenters. The molecule has 15 heavy (non-hydrogen) atoms. The molecular formula is C11H15N3O. The summed E-state index contributed by atoms with van der Waals surface area (Å²) >= 11 is 0. The van der Waals surface area contributed by atoms with E-state index < -0.39 is 0 Å². The normalized spacial score (nSPS) is 24.7. The number of carbonyl (C=O) groups is 1. The Bertz CT molecular complexity index is 394. The number of hydrogen-bond donors (Lipinski definition) is 1. The number of nitrogens with zero attached hydrogens (tertiary/aromatic N) is 2. The predicted molar refractivity (Wildman–Crippen MR) is 57.1 cm³/mol. The van der Waals surface area contributed by atoms with Gasteiger partial charge in [0, 0.05) is 31.6 Å². The molecule has 1 aliphatic carbocycles. The molecule has 0 fully saturated rings. The zero-order valence-corrected chi connectivity index (χ0v) is 8.76. The molecule has 0 bridgehead atoms. The summed E-state index contributed by atoms with van der Waals surface area (Å²) in [6, 6.07) is 0.0489. The summed E-state index contributed by atoms with van der Waals surface area (Å²) in [6.45, 7) is 0. The molecule has 2 atom stereocenters. The Morgan fingerprint density at radius 2 is 2.47 bits per heavy atom. The fraction of sp³-hybridized carbons (Fsp3) is 0.455. The molecular weight excluding hydrogens is 190 g/mol. The molecule has 80 valence electrons. The molecule has 0 saturated carbocycles. The Kier molecular flexibility index (Phi) is 2.68. The van der Waals surface area contributed by atoms with Crippen molar-refractivity contribution in [2.24, 2.45) is 18.7 Å². The SMILES string of the molecule is Cn1cc(CC(=O)C2C=CC(N)C2)cn1. The number of aryl methyl sites for hydroxylation is 1. The van der Waals surface area contributed by atoms with Crippen LogP contribution in [0.3, 0.4) is 0 Å². The molecule has 1 aliphatic rings. The zero-order chi connectivity index (χ0) is 10.8. The maximum Gasteiger partial charge on any atom is 0.144 e. The van der Waals surface area contributed by atoms with Crippen molar-refractivity contribution in [3.8, 4) is 0 Å². The minimum Gasteiger partial charge on any atom is -0.324 e. The molecule has 0 saturated heterocycles. The number of aromatic nitrogens is 2. The summed E-state index contributed by atoms with van der Waals surface area (Å²) < 4.78 is 1.71. The van der Waals surface area contributed by atoms with Gasteiger partial charge in [0.2, 0.25) is 0 Å². The van der Waals surface area contributed by atoms with Crippen LogP contribution < -0.4 is 5.73 Å². The Morgan fingerprint density at radius 3 is 3.00 bits per heavy atom. The number of ketones is 1. The van der Waals surface area contributed by atoms with Crippen LogP contribution in [-0.2, 0) is 18.3 Å². The fourth-order valence-corrected chi connectivity index (χ4v) is 1.86. The first-order chi connectivity index (χ1) is 7.15. The van der Waals surface area contributed by atoms with E-state index in [1.165, 1.54) is 0 Å². The average molecular weight is 205 g/mol. The van der Waals surface area contributed by atoms with Gasteiger partial charge in [0.15, 0.2) is 0 Å². The molecule has 1 aromatic rings. The van der Waals surface area contributed by atoms with Crippen LogP contribution in [0.4, 0.5) is 0 Å². The first-order valence-electron chi connectivity index (χ1n) is 5.09. The van der Waals surface area contributed by atoms with E-state index in [0.29, 0.717) is 6.42 Å². The van der Waals surface area contributed by atoms with Gasteiger partial charge in [-0.3, -0.25) is 9.48 Å². The van der Waals surface area contributed by atoms with E-state index in [4.69, 9.17) is 5.73 Å². The van der Waals surface area contributed by atoms with Crippen molar-refractivity contribution in [3.63, 3.8) is 0 Å². The van der Waals surface area contributed by atoms with Crippen molar-refractivity contribution < 1.29 is 4.79 Å². The van der Waals surface area contributed by atoms with E-state index in [0.717, 1.165) is 12.0 Å².